The van der Waals surface area contributed by atoms with Crippen LogP contribution in [0, 0.1) is 17.3 Å². The fourth-order valence-corrected chi connectivity index (χ4v) is 4.43. The predicted molar refractivity (Wildman–Crippen MR) is 86.3 cm³/mol. The third-order valence-electron chi connectivity index (χ3n) is 6.46. The number of hydrogen-bond acceptors (Lipinski definition) is 2. The van der Waals surface area contributed by atoms with Crippen LogP contribution in [0.2, 0.25) is 0 Å². The van der Waals surface area contributed by atoms with Gasteiger partial charge in [-0.2, -0.15) is 0 Å². The maximum Gasteiger partial charge on any atom is 0.306 e. The third-order valence-corrected chi connectivity index (χ3v) is 6.46. The molecule has 1 N–H and O–H groups in total. The molecular weight excluding hydrogens is 262 g/mol. The van der Waals surface area contributed by atoms with Gasteiger partial charge in [-0.15, -0.1) is 0 Å². The lowest BCUT2D eigenvalue weighted by Crippen LogP contribution is -2.49. The van der Waals surface area contributed by atoms with E-state index in [-0.39, 0.29) is 5.92 Å². The molecular formula is C18H33NO2. The van der Waals surface area contributed by atoms with E-state index in [1.807, 2.05) is 0 Å². The Hall–Kier alpha value is -0.570. The van der Waals surface area contributed by atoms with E-state index in [4.69, 9.17) is 0 Å². The van der Waals surface area contributed by atoms with Crippen LogP contribution >= 0.6 is 0 Å². The van der Waals surface area contributed by atoms with Crippen molar-refractivity contribution in [3.63, 3.8) is 0 Å². The maximum absolute atomic E-state index is 11.2. The molecule has 2 unspecified atom stereocenters. The van der Waals surface area contributed by atoms with Gasteiger partial charge in [0.2, 0.25) is 0 Å². The van der Waals surface area contributed by atoms with Gasteiger partial charge in [-0.1, -0.05) is 27.2 Å². The van der Waals surface area contributed by atoms with Gasteiger partial charge >= 0.3 is 5.97 Å². The van der Waals surface area contributed by atoms with Gasteiger partial charge in [0.15, 0.2) is 0 Å². The van der Waals surface area contributed by atoms with Crippen molar-refractivity contribution < 1.29 is 9.90 Å². The quantitative estimate of drug-likeness (QED) is 0.846. The zero-order valence-corrected chi connectivity index (χ0v) is 14.3. The van der Waals surface area contributed by atoms with Crippen LogP contribution in [-0.4, -0.2) is 34.6 Å². The van der Waals surface area contributed by atoms with Crippen molar-refractivity contribution in [2.24, 2.45) is 17.3 Å². The number of nitrogens with zero attached hydrogens (tertiary/aromatic N) is 1. The highest BCUT2D eigenvalue weighted by Gasteiger charge is 2.37. The van der Waals surface area contributed by atoms with E-state index in [2.05, 4.69) is 32.6 Å². The Balaban J connectivity index is 1.87. The number of carboxylic acids is 1. The SMILES string of the molecule is CCC(C)(C)C1CCC(N2CCC(C(=O)O)CC2C)CC1. The zero-order chi connectivity index (χ0) is 15.6. The Kier molecular flexibility index (Phi) is 5.34. The molecule has 1 saturated carbocycles. The summed E-state index contributed by atoms with van der Waals surface area (Å²) in [5.41, 5.74) is 0.479. The fraction of sp³-hybridized carbons (Fsp3) is 0.944. The van der Waals surface area contributed by atoms with Crippen molar-refractivity contribution in [2.45, 2.75) is 84.7 Å². The van der Waals surface area contributed by atoms with Crippen LogP contribution in [0.1, 0.15) is 72.6 Å². The van der Waals surface area contributed by atoms with Gasteiger partial charge in [-0.25, -0.2) is 0 Å². The van der Waals surface area contributed by atoms with E-state index in [1.54, 1.807) is 0 Å². The Morgan fingerprint density at radius 1 is 1.19 bits per heavy atom. The van der Waals surface area contributed by atoms with E-state index < -0.39 is 5.97 Å². The molecule has 2 rings (SSSR count). The molecule has 2 aliphatic rings. The average Bonchev–Trinajstić information content (AvgIpc) is 2.47. The lowest BCUT2D eigenvalue weighted by atomic mass is 9.68. The molecule has 0 bridgehead atoms. The largest absolute Gasteiger partial charge is 0.481 e. The Morgan fingerprint density at radius 3 is 2.29 bits per heavy atom. The summed E-state index contributed by atoms with van der Waals surface area (Å²) in [5.74, 6) is 0.145. The van der Waals surface area contributed by atoms with Gasteiger partial charge in [-0.3, -0.25) is 9.69 Å². The highest BCUT2D eigenvalue weighted by molar-refractivity contribution is 5.70. The molecule has 1 heterocycles. The smallest absolute Gasteiger partial charge is 0.306 e. The van der Waals surface area contributed by atoms with Crippen molar-refractivity contribution in [3.8, 4) is 0 Å². The van der Waals surface area contributed by atoms with Crippen LogP contribution in [-0.2, 0) is 4.79 Å². The minimum atomic E-state index is -0.602. The summed E-state index contributed by atoms with van der Waals surface area (Å²) in [4.78, 5) is 13.8. The number of rotatable bonds is 4. The minimum Gasteiger partial charge on any atom is -0.481 e. The van der Waals surface area contributed by atoms with E-state index in [9.17, 15) is 9.90 Å². The first-order valence-electron chi connectivity index (χ1n) is 8.83. The molecule has 0 spiro atoms. The molecule has 0 aromatic carbocycles. The van der Waals surface area contributed by atoms with Crippen LogP contribution in [0.25, 0.3) is 0 Å². The Bertz CT molecular complexity index is 358. The van der Waals surface area contributed by atoms with E-state index in [1.165, 1.54) is 32.1 Å². The van der Waals surface area contributed by atoms with Crippen LogP contribution in [0.5, 0.6) is 0 Å². The van der Waals surface area contributed by atoms with Crippen molar-refractivity contribution >= 4 is 5.97 Å². The summed E-state index contributed by atoms with van der Waals surface area (Å²) in [7, 11) is 0. The lowest BCUT2D eigenvalue weighted by molar-refractivity contribution is -0.144. The summed E-state index contributed by atoms with van der Waals surface area (Å²) < 4.78 is 0. The van der Waals surface area contributed by atoms with Crippen LogP contribution in [0.15, 0.2) is 0 Å². The molecule has 3 heteroatoms. The van der Waals surface area contributed by atoms with Gasteiger partial charge in [0.25, 0.3) is 0 Å². The van der Waals surface area contributed by atoms with Crippen molar-refractivity contribution in [1.29, 1.82) is 0 Å². The number of carboxylic acid groups (broad SMARTS) is 1. The molecule has 2 atom stereocenters. The molecule has 1 aliphatic carbocycles. The van der Waals surface area contributed by atoms with Gasteiger partial charge in [0.1, 0.15) is 0 Å². The summed E-state index contributed by atoms with van der Waals surface area (Å²) in [6.07, 6.45) is 8.22. The normalized spacial score (nSPS) is 35.6. The van der Waals surface area contributed by atoms with Crippen LogP contribution in [0.4, 0.5) is 0 Å². The van der Waals surface area contributed by atoms with Crippen molar-refractivity contribution in [1.82, 2.24) is 4.90 Å². The maximum atomic E-state index is 11.2. The second-order valence-electron chi connectivity index (χ2n) is 7.99. The standard InChI is InChI=1S/C18H33NO2/c1-5-18(3,4)15-6-8-16(9-7-15)19-11-10-14(17(20)21)12-13(19)2/h13-16H,5-12H2,1-4H3,(H,20,21). The molecule has 122 valence electrons. The Morgan fingerprint density at radius 2 is 1.81 bits per heavy atom. The van der Waals surface area contributed by atoms with E-state index >= 15 is 0 Å². The van der Waals surface area contributed by atoms with Gasteiger partial charge in [0, 0.05) is 12.1 Å². The third kappa shape index (κ3) is 3.80. The van der Waals surface area contributed by atoms with Gasteiger partial charge in [0.05, 0.1) is 5.92 Å². The molecule has 0 aromatic rings. The van der Waals surface area contributed by atoms with Gasteiger partial charge in [-0.05, 0) is 63.3 Å². The van der Waals surface area contributed by atoms with Crippen molar-refractivity contribution in [2.75, 3.05) is 6.54 Å². The summed E-state index contributed by atoms with van der Waals surface area (Å²) in [5, 5.41) is 9.19. The molecule has 0 radical (unpaired) electrons. The lowest BCUT2D eigenvalue weighted by Gasteiger charge is -2.46. The fourth-order valence-electron chi connectivity index (χ4n) is 4.43. The highest BCUT2D eigenvalue weighted by atomic mass is 16.4. The summed E-state index contributed by atoms with van der Waals surface area (Å²) in [6.45, 7) is 10.3. The second-order valence-corrected chi connectivity index (χ2v) is 7.99. The predicted octanol–water partition coefficient (Wildman–Crippen LogP) is 4.17. The topological polar surface area (TPSA) is 40.5 Å². The monoisotopic (exact) mass is 295 g/mol. The Labute approximate surface area is 130 Å². The molecule has 1 saturated heterocycles. The molecule has 1 aliphatic heterocycles. The first kappa shape index (κ1) is 16.8. The zero-order valence-electron chi connectivity index (χ0n) is 14.3. The highest BCUT2D eigenvalue weighted by Crippen LogP contribution is 2.42. The number of piperidine rings is 1. The summed E-state index contributed by atoms with van der Waals surface area (Å²) >= 11 is 0. The number of likely N-dealkylation sites (tertiary alicyclic amines) is 1. The number of aliphatic carboxylic acids is 1. The summed E-state index contributed by atoms with van der Waals surface area (Å²) in [6, 6.07) is 1.12. The van der Waals surface area contributed by atoms with Gasteiger partial charge < -0.3 is 5.11 Å². The molecule has 2 fully saturated rings. The van der Waals surface area contributed by atoms with E-state index in [0.29, 0.717) is 17.5 Å². The molecule has 0 amide bonds. The first-order chi connectivity index (χ1) is 9.85. The number of hydrogen-bond donors (Lipinski definition) is 1. The molecule has 0 aromatic heterocycles. The van der Waals surface area contributed by atoms with Crippen molar-refractivity contribution in [3.05, 3.63) is 0 Å². The molecule has 3 nitrogen and oxygen atoms in total. The second kappa shape index (κ2) is 6.68. The minimum absolute atomic E-state index is 0.119. The van der Waals surface area contributed by atoms with E-state index in [0.717, 1.165) is 25.3 Å². The first-order valence-corrected chi connectivity index (χ1v) is 8.83. The van der Waals surface area contributed by atoms with Crippen LogP contribution in [0.3, 0.4) is 0 Å². The number of carbonyl (C=O) groups is 1. The van der Waals surface area contributed by atoms with Crippen LogP contribution < -0.4 is 0 Å². The average molecular weight is 295 g/mol. The molecule has 21 heavy (non-hydrogen) atoms.